The van der Waals surface area contributed by atoms with E-state index in [1.807, 2.05) is 6.07 Å². The minimum absolute atomic E-state index is 0.403. The molecule has 0 saturated carbocycles. The largest absolute Gasteiger partial charge is 0.459 e. The number of piperidine rings is 1. The van der Waals surface area contributed by atoms with Crippen LogP contribution in [0.2, 0.25) is 0 Å². The highest BCUT2D eigenvalue weighted by Gasteiger charge is 2.31. The smallest absolute Gasteiger partial charge is 0.194 e. The molecule has 5 nitrogen and oxygen atoms in total. The molecule has 130 valence electrons. The van der Waals surface area contributed by atoms with Gasteiger partial charge in [0.15, 0.2) is 11.4 Å². The van der Waals surface area contributed by atoms with Crippen LogP contribution in [0.15, 0.2) is 53.4 Å². The predicted molar refractivity (Wildman–Crippen MR) is 99.5 cm³/mol. The molecule has 1 aliphatic heterocycles. The van der Waals surface area contributed by atoms with Gasteiger partial charge in [0.25, 0.3) is 0 Å². The Balaban J connectivity index is 1.54. The van der Waals surface area contributed by atoms with Gasteiger partial charge in [0.2, 0.25) is 0 Å². The maximum absolute atomic E-state index is 5.64. The third kappa shape index (κ3) is 3.24. The highest BCUT2D eigenvalue weighted by Crippen LogP contribution is 2.29. The standard InChI is InChI=1S/C20H24N4O/c1-15-8-10-24(12-16-6-4-3-5-7-16)13-18(15)23(2)20-19-17(9-11-25-19)21-14-22-20/h3-7,9,11,14-15,18H,8,10,12-13H2,1-2H3. The second kappa shape index (κ2) is 6.84. The van der Waals surface area contributed by atoms with E-state index < -0.39 is 0 Å². The maximum atomic E-state index is 5.64. The van der Waals surface area contributed by atoms with Gasteiger partial charge in [-0.2, -0.15) is 0 Å². The summed E-state index contributed by atoms with van der Waals surface area (Å²) in [6.45, 7) is 5.50. The average molecular weight is 336 g/mol. The zero-order valence-electron chi connectivity index (χ0n) is 14.8. The molecule has 1 fully saturated rings. The zero-order valence-corrected chi connectivity index (χ0v) is 14.8. The molecule has 2 unspecified atom stereocenters. The number of hydrogen-bond donors (Lipinski definition) is 0. The van der Waals surface area contributed by atoms with Gasteiger partial charge in [-0.3, -0.25) is 4.90 Å². The monoisotopic (exact) mass is 336 g/mol. The second-order valence-corrected chi connectivity index (χ2v) is 7.00. The molecule has 1 aliphatic rings. The SMILES string of the molecule is CC1CCN(Cc2ccccc2)CC1N(C)c1ncnc2ccoc12. The van der Waals surface area contributed by atoms with Crippen LogP contribution in [0.25, 0.3) is 11.1 Å². The summed E-state index contributed by atoms with van der Waals surface area (Å²) in [5.74, 6) is 1.49. The lowest BCUT2D eigenvalue weighted by Crippen LogP contribution is -2.50. The minimum atomic E-state index is 0.403. The Kier molecular flexibility index (Phi) is 4.40. The molecule has 0 spiro atoms. The zero-order chi connectivity index (χ0) is 17.2. The Bertz CT molecular complexity index is 832. The molecule has 25 heavy (non-hydrogen) atoms. The first-order chi connectivity index (χ1) is 12.2. The molecule has 3 heterocycles. The van der Waals surface area contributed by atoms with Crippen LogP contribution in [-0.2, 0) is 6.54 Å². The van der Waals surface area contributed by atoms with Crippen molar-refractivity contribution in [1.82, 2.24) is 14.9 Å². The van der Waals surface area contributed by atoms with Crippen molar-refractivity contribution in [3.8, 4) is 0 Å². The minimum Gasteiger partial charge on any atom is -0.459 e. The van der Waals surface area contributed by atoms with Crippen LogP contribution in [0.3, 0.4) is 0 Å². The molecule has 5 heteroatoms. The molecule has 2 aromatic heterocycles. The molecular formula is C20H24N4O. The fourth-order valence-electron chi connectivity index (χ4n) is 3.79. The van der Waals surface area contributed by atoms with Crippen LogP contribution in [0, 0.1) is 5.92 Å². The molecule has 3 aromatic rings. The van der Waals surface area contributed by atoms with Gasteiger partial charge in [-0.15, -0.1) is 0 Å². The van der Waals surface area contributed by atoms with Gasteiger partial charge in [-0.25, -0.2) is 9.97 Å². The van der Waals surface area contributed by atoms with Crippen LogP contribution >= 0.6 is 0 Å². The van der Waals surface area contributed by atoms with Crippen LogP contribution in [-0.4, -0.2) is 41.0 Å². The van der Waals surface area contributed by atoms with Gasteiger partial charge in [0.1, 0.15) is 11.8 Å². The summed E-state index contributed by atoms with van der Waals surface area (Å²) in [6, 6.07) is 13.0. The van der Waals surface area contributed by atoms with E-state index >= 15 is 0 Å². The summed E-state index contributed by atoms with van der Waals surface area (Å²) in [5.41, 5.74) is 3.01. The normalized spacial score (nSPS) is 21.5. The number of rotatable bonds is 4. The van der Waals surface area contributed by atoms with Crippen LogP contribution in [0.5, 0.6) is 0 Å². The number of furan rings is 1. The van der Waals surface area contributed by atoms with Crippen molar-refractivity contribution in [2.45, 2.75) is 25.9 Å². The molecule has 0 N–H and O–H groups in total. The fraction of sp³-hybridized carbons (Fsp3) is 0.400. The predicted octanol–water partition coefficient (Wildman–Crippen LogP) is 3.57. The van der Waals surface area contributed by atoms with Crippen molar-refractivity contribution < 1.29 is 4.42 Å². The average Bonchev–Trinajstić information content (AvgIpc) is 3.12. The van der Waals surface area contributed by atoms with E-state index in [1.165, 1.54) is 12.0 Å². The lowest BCUT2D eigenvalue weighted by atomic mass is 9.92. The Labute approximate surface area is 148 Å². The van der Waals surface area contributed by atoms with E-state index in [0.717, 1.165) is 36.6 Å². The topological polar surface area (TPSA) is 45.4 Å². The molecule has 1 saturated heterocycles. The molecule has 0 bridgehead atoms. The number of fused-ring (bicyclic) bond motifs is 1. The number of hydrogen-bond acceptors (Lipinski definition) is 5. The summed E-state index contributed by atoms with van der Waals surface area (Å²) in [6.07, 6.45) is 4.50. The van der Waals surface area contributed by atoms with Crippen LogP contribution in [0.1, 0.15) is 18.9 Å². The molecule has 0 radical (unpaired) electrons. The fourth-order valence-corrected chi connectivity index (χ4v) is 3.79. The van der Waals surface area contributed by atoms with Gasteiger partial charge in [0, 0.05) is 32.2 Å². The Morgan fingerprint density at radius 1 is 1.20 bits per heavy atom. The first-order valence-corrected chi connectivity index (χ1v) is 8.89. The quantitative estimate of drug-likeness (QED) is 0.729. The van der Waals surface area contributed by atoms with Crippen LogP contribution in [0.4, 0.5) is 5.82 Å². The second-order valence-electron chi connectivity index (χ2n) is 7.00. The van der Waals surface area contributed by atoms with Gasteiger partial charge in [-0.05, 0) is 24.4 Å². The number of anilines is 1. The van der Waals surface area contributed by atoms with E-state index in [0.29, 0.717) is 12.0 Å². The van der Waals surface area contributed by atoms with E-state index in [4.69, 9.17) is 4.42 Å². The van der Waals surface area contributed by atoms with Gasteiger partial charge in [-0.1, -0.05) is 37.3 Å². The lowest BCUT2D eigenvalue weighted by molar-refractivity contribution is 0.159. The Hall–Kier alpha value is -2.40. The molecule has 0 amide bonds. The number of benzene rings is 1. The van der Waals surface area contributed by atoms with Crippen molar-refractivity contribution in [3.05, 3.63) is 54.6 Å². The number of nitrogens with zero attached hydrogens (tertiary/aromatic N) is 4. The van der Waals surface area contributed by atoms with Crippen molar-refractivity contribution in [2.24, 2.45) is 5.92 Å². The number of likely N-dealkylation sites (N-methyl/N-ethyl adjacent to an activating group) is 1. The molecule has 0 aliphatic carbocycles. The molecule has 2 atom stereocenters. The summed E-state index contributed by atoms with van der Waals surface area (Å²) < 4.78 is 5.64. The van der Waals surface area contributed by atoms with E-state index in [2.05, 4.69) is 64.1 Å². The van der Waals surface area contributed by atoms with Gasteiger partial charge >= 0.3 is 0 Å². The number of aromatic nitrogens is 2. The summed E-state index contributed by atoms with van der Waals surface area (Å²) in [7, 11) is 2.12. The highest BCUT2D eigenvalue weighted by molar-refractivity contribution is 5.83. The third-order valence-corrected chi connectivity index (χ3v) is 5.31. The van der Waals surface area contributed by atoms with E-state index in [1.54, 1.807) is 12.6 Å². The van der Waals surface area contributed by atoms with E-state index in [9.17, 15) is 0 Å². The van der Waals surface area contributed by atoms with Crippen molar-refractivity contribution in [1.29, 1.82) is 0 Å². The highest BCUT2D eigenvalue weighted by atomic mass is 16.3. The van der Waals surface area contributed by atoms with E-state index in [-0.39, 0.29) is 0 Å². The third-order valence-electron chi connectivity index (χ3n) is 5.31. The van der Waals surface area contributed by atoms with Gasteiger partial charge < -0.3 is 9.32 Å². The van der Waals surface area contributed by atoms with Crippen molar-refractivity contribution >= 4 is 16.9 Å². The van der Waals surface area contributed by atoms with Crippen LogP contribution < -0.4 is 4.90 Å². The molecular weight excluding hydrogens is 312 g/mol. The van der Waals surface area contributed by atoms with Gasteiger partial charge in [0.05, 0.1) is 6.26 Å². The first-order valence-electron chi connectivity index (χ1n) is 8.89. The summed E-state index contributed by atoms with van der Waals surface area (Å²) in [5, 5.41) is 0. The lowest BCUT2D eigenvalue weighted by Gasteiger charge is -2.42. The summed E-state index contributed by atoms with van der Waals surface area (Å²) in [4.78, 5) is 13.6. The Morgan fingerprint density at radius 3 is 2.88 bits per heavy atom. The summed E-state index contributed by atoms with van der Waals surface area (Å²) >= 11 is 0. The molecule has 1 aromatic carbocycles. The molecule has 4 rings (SSSR count). The van der Waals surface area contributed by atoms with Crippen molar-refractivity contribution in [2.75, 3.05) is 25.0 Å². The number of likely N-dealkylation sites (tertiary alicyclic amines) is 1. The maximum Gasteiger partial charge on any atom is 0.194 e. The van der Waals surface area contributed by atoms with Crippen molar-refractivity contribution in [3.63, 3.8) is 0 Å². The first kappa shape index (κ1) is 16.1. The Morgan fingerprint density at radius 2 is 2.04 bits per heavy atom.